The summed E-state index contributed by atoms with van der Waals surface area (Å²) in [5.74, 6) is 0.0466. The van der Waals surface area contributed by atoms with Crippen molar-refractivity contribution in [3.8, 4) is 5.75 Å². The summed E-state index contributed by atoms with van der Waals surface area (Å²) in [6.07, 6.45) is 1.24. The Hall–Kier alpha value is -3.87. The number of carbonyl (C=O) groups excluding carboxylic acids is 3. The van der Waals surface area contributed by atoms with Crippen LogP contribution in [0.1, 0.15) is 49.5 Å². The Morgan fingerprint density at radius 2 is 1.69 bits per heavy atom. The second-order valence-corrected chi connectivity index (χ2v) is 9.18. The van der Waals surface area contributed by atoms with Crippen molar-refractivity contribution in [1.29, 1.82) is 0 Å². The van der Waals surface area contributed by atoms with Crippen LogP contribution in [0.3, 0.4) is 0 Å². The fraction of sp³-hybridized carbons (Fsp3) is 0.345. The molecule has 0 spiro atoms. The molecular formula is C29H33N3O4. The summed E-state index contributed by atoms with van der Waals surface area (Å²) >= 11 is 0. The van der Waals surface area contributed by atoms with Crippen molar-refractivity contribution < 1.29 is 19.1 Å². The zero-order valence-corrected chi connectivity index (χ0v) is 21.3. The summed E-state index contributed by atoms with van der Waals surface area (Å²) in [6, 6.07) is 18.1. The first-order chi connectivity index (χ1) is 17.4. The molecule has 1 heterocycles. The van der Waals surface area contributed by atoms with E-state index in [1.807, 2.05) is 75.4 Å². The molecule has 0 saturated heterocycles. The van der Waals surface area contributed by atoms with Gasteiger partial charge in [0.25, 0.3) is 5.91 Å². The van der Waals surface area contributed by atoms with Gasteiger partial charge >= 0.3 is 0 Å². The van der Waals surface area contributed by atoms with Crippen LogP contribution < -0.4 is 15.0 Å². The second-order valence-electron chi connectivity index (χ2n) is 9.18. The van der Waals surface area contributed by atoms with Crippen molar-refractivity contribution >= 4 is 34.2 Å². The summed E-state index contributed by atoms with van der Waals surface area (Å²) in [4.78, 5) is 43.4. The van der Waals surface area contributed by atoms with Crippen LogP contribution in [0.25, 0.3) is 10.8 Å². The van der Waals surface area contributed by atoms with E-state index in [1.54, 1.807) is 18.1 Å². The van der Waals surface area contributed by atoms with Crippen LogP contribution in [-0.4, -0.2) is 48.4 Å². The maximum absolute atomic E-state index is 13.8. The molecule has 1 aliphatic heterocycles. The Morgan fingerprint density at radius 3 is 2.33 bits per heavy atom. The molecular weight excluding hydrogens is 454 g/mol. The minimum Gasteiger partial charge on any atom is -0.497 e. The lowest BCUT2D eigenvalue weighted by atomic mass is 10.1. The van der Waals surface area contributed by atoms with Crippen molar-refractivity contribution in [2.24, 2.45) is 0 Å². The smallest absolute Gasteiger partial charge is 0.259 e. The Morgan fingerprint density at radius 1 is 1.00 bits per heavy atom. The highest BCUT2D eigenvalue weighted by atomic mass is 16.5. The van der Waals surface area contributed by atoms with Gasteiger partial charge in [0, 0.05) is 23.5 Å². The zero-order valence-electron chi connectivity index (χ0n) is 21.3. The Balaban J connectivity index is 1.64. The van der Waals surface area contributed by atoms with E-state index >= 15 is 0 Å². The fourth-order valence-electron chi connectivity index (χ4n) is 4.65. The average Bonchev–Trinajstić information content (AvgIpc) is 3.16. The molecule has 3 aromatic carbocycles. The first kappa shape index (κ1) is 25.2. The van der Waals surface area contributed by atoms with E-state index in [4.69, 9.17) is 4.74 Å². The predicted molar refractivity (Wildman–Crippen MR) is 141 cm³/mol. The van der Waals surface area contributed by atoms with E-state index < -0.39 is 6.04 Å². The van der Waals surface area contributed by atoms with Crippen LogP contribution in [-0.2, 0) is 16.1 Å². The number of hydrogen-bond donors (Lipinski definition) is 1. The molecule has 2 atom stereocenters. The van der Waals surface area contributed by atoms with Gasteiger partial charge in [-0.15, -0.1) is 0 Å². The van der Waals surface area contributed by atoms with Gasteiger partial charge in [-0.05, 0) is 55.0 Å². The number of benzene rings is 3. The molecule has 0 fully saturated rings. The van der Waals surface area contributed by atoms with Crippen molar-refractivity contribution in [2.75, 3.05) is 18.6 Å². The number of rotatable bonds is 10. The lowest BCUT2D eigenvalue weighted by molar-refractivity contribution is -0.140. The molecule has 4 rings (SSSR count). The van der Waals surface area contributed by atoms with Crippen LogP contribution in [0.2, 0.25) is 0 Å². The first-order valence-corrected chi connectivity index (χ1v) is 12.4. The highest BCUT2D eigenvalue weighted by Crippen LogP contribution is 2.37. The number of ether oxygens (including phenoxy) is 1. The number of carbonyl (C=O) groups is 3. The third-order valence-corrected chi connectivity index (χ3v) is 6.84. The molecule has 3 amide bonds. The van der Waals surface area contributed by atoms with Crippen LogP contribution in [0.4, 0.5) is 5.69 Å². The maximum Gasteiger partial charge on any atom is 0.259 e. The molecule has 0 radical (unpaired) electrons. The zero-order chi connectivity index (χ0) is 25.8. The summed E-state index contributed by atoms with van der Waals surface area (Å²) < 4.78 is 5.25. The average molecular weight is 488 g/mol. The third kappa shape index (κ3) is 4.91. The number of nitrogens with one attached hydrogen (secondary N) is 1. The molecule has 36 heavy (non-hydrogen) atoms. The molecule has 0 unspecified atom stereocenters. The van der Waals surface area contributed by atoms with Crippen molar-refractivity contribution in [1.82, 2.24) is 10.2 Å². The van der Waals surface area contributed by atoms with Gasteiger partial charge in [0.05, 0.1) is 12.8 Å². The lowest BCUT2D eigenvalue weighted by Gasteiger charge is -2.33. The molecule has 188 valence electrons. The number of anilines is 1. The highest BCUT2D eigenvalue weighted by Gasteiger charge is 2.35. The van der Waals surface area contributed by atoms with E-state index in [2.05, 4.69) is 5.32 Å². The fourth-order valence-corrected chi connectivity index (χ4v) is 4.65. The highest BCUT2D eigenvalue weighted by molar-refractivity contribution is 6.26. The molecule has 0 bridgehead atoms. The SMILES string of the molecule is CC[C@@H](C)NC(=O)[C@@H](CC)N(Cc1ccc(OC)cc1)C(=O)CN1C(=O)c2cccc3cccc1c23. The molecule has 0 aliphatic carbocycles. The minimum atomic E-state index is -0.663. The third-order valence-electron chi connectivity index (χ3n) is 6.84. The Bertz CT molecular complexity index is 1270. The van der Waals surface area contributed by atoms with Gasteiger partial charge in [-0.25, -0.2) is 0 Å². The van der Waals surface area contributed by atoms with E-state index in [0.717, 1.165) is 28.4 Å². The minimum absolute atomic E-state index is 0.00301. The molecule has 0 saturated carbocycles. The number of methoxy groups -OCH3 is 1. The number of hydrogen-bond acceptors (Lipinski definition) is 4. The Kier molecular flexibility index (Phi) is 7.58. The van der Waals surface area contributed by atoms with Gasteiger partial charge in [-0.2, -0.15) is 0 Å². The van der Waals surface area contributed by atoms with Crippen molar-refractivity contribution in [3.63, 3.8) is 0 Å². The summed E-state index contributed by atoms with van der Waals surface area (Å²) in [7, 11) is 1.60. The van der Waals surface area contributed by atoms with Gasteiger partial charge in [-0.1, -0.05) is 50.2 Å². The van der Waals surface area contributed by atoms with Crippen LogP contribution in [0.15, 0.2) is 60.7 Å². The Labute approximate surface area is 212 Å². The summed E-state index contributed by atoms with van der Waals surface area (Å²) in [5, 5.41) is 4.84. The van der Waals surface area contributed by atoms with E-state index in [0.29, 0.717) is 17.7 Å². The molecule has 0 aromatic heterocycles. The molecule has 1 aliphatic rings. The molecule has 1 N–H and O–H groups in total. The van der Waals surface area contributed by atoms with Crippen LogP contribution in [0.5, 0.6) is 5.75 Å². The second kappa shape index (κ2) is 10.8. The monoisotopic (exact) mass is 487 g/mol. The topological polar surface area (TPSA) is 79.0 Å². The first-order valence-electron chi connectivity index (χ1n) is 12.4. The largest absolute Gasteiger partial charge is 0.497 e. The quantitative estimate of drug-likeness (QED) is 0.456. The van der Waals surface area contributed by atoms with Gasteiger partial charge < -0.3 is 15.0 Å². The van der Waals surface area contributed by atoms with Gasteiger partial charge in [0.2, 0.25) is 11.8 Å². The van der Waals surface area contributed by atoms with Crippen molar-refractivity contribution in [2.45, 2.75) is 52.2 Å². The van der Waals surface area contributed by atoms with E-state index in [-0.39, 0.29) is 36.9 Å². The van der Waals surface area contributed by atoms with Gasteiger partial charge in [-0.3, -0.25) is 19.3 Å². The lowest BCUT2D eigenvalue weighted by Crippen LogP contribution is -2.53. The molecule has 3 aromatic rings. The van der Waals surface area contributed by atoms with Crippen LogP contribution >= 0.6 is 0 Å². The number of amides is 3. The summed E-state index contributed by atoms with van der Waals surface area (Å²) in [5.41, 5.74) is 2.19. The normalized spacial score (nSPS) is 14.0. The maximum atomic E-state index is 13.8. The molecule has 7 nitrogen and oxygen atoms in total. The summed E-state index contributed by atoms with van der Waals surface area (Å²) in [6.45, 7) is 5.95. The van der Waals surface area contributed by atoms with Crippen molar-refractivity contribution in [3.05, 3.63) is 71.8 Å². The standard InChI is InChI=1S/C29H33N3O4/c1-5-19(3)30-28(34)24(6-2)31(17-20-13-15-22(36-4)16-14-20)26(33)18-32-25-12-8-10-21-9-7-11-23(27(21)25)29(32)35/h7-16,19,24H,5-6,17-18H2,1-4H3,(H,30,34)/t19-,24-/m1/s1. The predicted octanol–water partition coefficient (Wildman–Crippen LogP) is 4.53. The number of nitrogens with zero attached hydrogens (tertiary/aromatic N) is 2. The van der Waals surface area contributed by atoms with Gasteiger partial charge in [0.15, 0.2) is 0 Å². The van der Waals surface area contributed by atoms with Gasteiger partial charge in [0.1, 0.15) is 18.3 Å². The molecule has 7 heteroatoms. The van der Waals surface area contributed by atoms with E-state index in [9.17, 15) is 14.4 Å². The van der Waals surface area contributed by atoms with Crippen LogP contribution in [0, 0.1) is 0 Å². The van der Waals surface area contributed by atoms with E-state index in [1.165, 1.54) is 4.90 Å².